The SMILES string of the molecule is CCCCNP(C)(=O)CCCNCc1ccc(-c2ccc(C)cc2)c(-c2ccccc2)n1. The molecule has 0 aliphatic heterocycles. The van der Waals surface area contributed by atoms with Crippen LogP contribution in [-0.2, 0) is 11.1 Å². The molecule has 0 fully saturated rings. The summed E-state index contributed by atoms with van der Waals surface area (Å²) in [4.78, 5) is 5.01. The number of rotatable bonds is 12. The lowest BCUT2D eigenvalue weighted by Crippen LogP contribution is -2.19. The van der Waals surface area contributed by atoms with Crippen molar-refractivity contribution in [2.45, 2.75) is 39.7 Å². The smallest absolute Gasteiger partial charge is 0.144 e. The minimum Gasteiger partial charge on any atom is -0.311 e. The van der Waals surface area contributed by atoms with E-state index < -0.39 is 7.29 Å². The van der Waals surface area contributed by atoms with Crippen LogP contribution in [0.1, 0.15) is 37.4 Å². The van der Waals surface area contributed by atoms with Gasteiger partial charge in [0, 0.05) is 37.0 Å². The zero-order valence-electron chi connectivity index (χ0n) is 19.6. The second-order valence-electron chi connectivity index (χ2n) is 8.55. The molecule has 0 saturated heterocycles. The Hall–Kier alpha value is -2.26. The Balaban J connectivity index is 1.64. The summed E-state index contributed by atoms with van der Waals surface area (Å²) in [6.45, 7) is 8.49. The molecular weight excluding hydrogens is 413 g/mol. The van der Waals surface area contributed by atoms with Crippen LogP contribution < -0.4 is 10.4 Å². The Kier molecular flexibility index (Phi) is 9.23. The van der Waals surface area contributed by atoms with Crippen LogP contribution in [0, 0.1) is 6.92 Å². The number of hydrogen-bond acceptors (Lipinski definition) is 3. The lowest BCUT2D eigenvalue weighted by atomic mass is 9.98. The van der Waals surface area contributed by atoms with Crippen LogP contribution >= 0.6 is 7.29 Å². The lowest BCUT2D eigenvalue weighted by molar-refractivity contribution is 0.561. The summed E-state index contributed by atoms with van der Waals surface area (Å²) in [7, 11) is -2.23. The van der Waals surface area contributed by atoms with E-state index in [9.17, 15) is 4.57 Å². The molecule has 1 aromatic heterocycles. The molecule has 0 radical (unpaired) electrons. The summed E-state index contributed by atoms with van der Waals surface area (Å²) in [5.74, 6) is 0. The highest BCUT2D eigenvalue weighted by molar-refractivity contribution is 7.61. The minimum absolute atomic E-state index is 0.700. The standard InChI is InChI=1S/C27H36N3OP/c1-4-5-19-29-32(3,31)20-9-18-28-21-25-16-17-26(23-14-12-22(2)13-15-23)27(30-25)24-10-7-6-8-11-24/h6-8,10-17,28H,4-5,9,18-21H2,1-3H3,(H,29,31). The third-order valence-electron chi connectivity index (χ3n) is 5.58. The van der Waals surface area contributed by atoms with Gasteiger partial charge in [-0.1, -0.05) is 79.6 Å². The third-order valence-corrected chi connectivity index (χ3v) is 7.65. The lowest BCUT2D eigenvalue weighted by Gasteiger charge is -2.15. The fourth-order valence-corrected chi connectivity index (χ4v) is 5.22. The molecule has 4 nitrogen and oxygen atoms in total. The highest BCUT2D eigenvalue weighted by Crippen LogP contribution is 2.36. The van der Waals surface area contributed by atoms with Crippen molar-refractivity contribution in [2.75, 3.05) is 25.9 Å². The first kappa shape index (κ1) is 24.4. The Morgan fingerprint density at radius 3 is 2.34 bits per heavy atom. The second-order valence-corrected chi connectivity index (χ2v) is 11.5. The van der Waals surface area contributed by atoms with Crippen LogP contribution in [0.5, 0.6) is 0 Å². The fourth-order valence-electron chi connectivity index (χ4n) is 3.67. The van der Waals surface area contributed by atoms with Gasteiger partial charge in [-0.05, 0) is 37.9 Å². The first-order valence-corrected chi connectivity index (χ1v) is 14.0. The van der Waals surface area contributed by atoms with Crippen LogP contribution in [-0.4, -0.2) is 30.9 Å². The molecule has 0 spiro atoms. The van der Waals surface area contributed by atoms with Gasteiger partial charge in [-0.15, -0.1) is 0 Å². The average Bonchev–Trinajstić information content (AvgIpc) is 2.80. The zero-order chi connectivity index (χ0) is 22.8. The Labute approximate surface area is 193 Å². The number of nitrogens with one attached hydrogen (secondary N) is 2. The maximum Gasteiger partial charge on any atom is 0.144 e. The Morgan fingerprint density at radius 2 is 1.62 bits per heavy atom. The van der Waals surface area contributed by atoms with E-state index in [2.05, 4.69) is 84.9 Å². The molecule has 1 heterocycles. The van der Waals surface area contributed by atoms with Crippen molar-refractivity contribution in [3.63, 3.8) is 0 Å². The maximum absolute atomic E-state index is 12.6. The molecular formula is C27H36N3OP. The van der Waals surface area contributed by atoms with Crippen molar-refractivity contribution in [2.24, 2.45) is 0 Å². The minimum atomic E-state index is -2.23. The summed E-state index contributed by atoms with van der Waals surface area (Å²) in [5.41, 5.74) is 6.71. The van der Waals surface area contributed by atoms with Crippen LogP contribution in [0.15, 0.2) is 66.7 Å². The van der Waals surface area contributed by atoms with Gasteiger partial charge in [-0.2, -0.15) is 0 Å². The summed E-state index contributed by atoms with van der Waals surface area (Å²) in [6.07, 6.45) is 3.80. The van der Waals surface area contributed by atoms with E-state index >= 15 is 0 Å². The molecule has 32 heavy (non-hydrogen) atoms. The highest BCUT2D eigenvalue weighted by atomic mass is 31.2. The van der Waals surface area contributed by atoms with Crippen molar-refractivity contribution >= 4 is 7.29 Å². The first-order chi connectivity index (χ1) is 15.5. The molecule has 0 amide bonds. The van der Waals surface area contributed by atoms with Gasteiger partial charge in [0.1, 0.15) is 7.29 Å². The van der Waals surface area contributed by atoms with E-state index in [1.807, 2.05) is 12.7 Å². The number of benzene rings is 2. The Bertz CT molecular complexity index is 1020. The number of aromatic nitrogens is 1. The van der Waals surface area contributed by atoms with Gasteiger partial charge in [-0.3, -0.25) is 10.1 Å². The summed E-state index contributed by atoms with van der Waals surface area (Å²) >= 11 is 0. The summed E-state index contributed by atoms with van der Waals surface area (Å²) in [6, 6.07) is 23.2. The quantitative estimate of drug-likeness (QED) is 0.245. The second kappa shape index (κ2) is 12.1. The average molecular weight is 450 g/mol. The number of hydrogen-bond donors (Lipinski definition) is 2. The van der Waals surface area contributed by atoms with Crippen LogP contribution in [0.25, 0.3) is 22.4 Å². The van der Waals surface area contributed by atoms with Crippen LogP contribution in [0.2, 0.25) is 0 Å². The van der Waals surface area contributed by atoms with Gasteiger partial charge in [0.05, 0.1) is 11.4 Å². The molecule has 1 atom stereocenters. The highest BCUT2D eigenvalue weighted by Gasteiger charge is 2.13. The number of pyridine rings is 1. The van der Waals surface area contributed by atoms with Gasteiger partial charge in [0.25, 0.3) is 0 Å². The van der Waals surface area contributed by atoms with E-state index in [4.69, 9.17) is 4.98 Å². The van der Waals surface area contributed by atoms with Crippen molar-refractivity contribution in [1.82, 2.24) is 15.4 Å². The van der Waals surface area contributed by atoms with Gasteiger partial charge in [0.15, 0.2) is 0 Å². The normalized spacial score (nSPS) is 13.1. The Morgan fingerprint density at radius 1 is 0.875 bits per heavy atom. The maximum atomic E-state index is 12.6. The molecule has 0 aliphatic rings. The number of unbranched alkanes of at least 4 members (excludes halogenated alkanes) is 1. The van der Waals surface area contributed by atoms with Crippen LogP contribution in [0.4, 0.5) is 0 Å². The third kappa shape index (κ3) is 7.41. The predicted octanol–water partition coefficient (Wildman–Crippen LogP) is 6.50. The number of aryl methyl sites for hydroxylation is 1. The molecule has 0 aliphatic carbocycles. The van der Waals surface area contributed by atoms with Gasteiger partial charge >= 0.3 is 0 Å². The largest absolute Gasteiger partial charge is 0.311 e. The topological polar surface area (TPSA) is 54.0 Å². The van der Waals surface area contributed by atoms with E-state index in [-0.39, 0.29) is 0 Å². The molecule has 1 unspecified atom stereocenters. The summed E-state index contributed by atoms with van der Waals surface area (Å²) in [5, 5.41) is 6.71. The summed E-state index contributed by atoms with van der Waals surface area (Å²) < 4.78 is 12.6. The fraction of sp³-hybridized carbons (Fsp3) is 0.370. The van der Waals surface area contributed by atoms with E-state index in [1.54, 1.807) is 0 Å². The van der Waals surface area contributed by atoms with Crippen LogP contribution in [0.3, 0.4) is 0 Å². The molecule has 0 bridgehead atoms. The molecule has 3 rings (SSSR count). The van der Waals surface area contributed by atoms with E-state index in [1.165, 1.54) is 11.1 Å². The van der Waals surface area contributed by atoms with Crippen molar-refractivity contribution < 1.29 is 4.57 Å². The van der Waals surface area contributed by atoms with Gasteiger partial charge in [-0.25, -0.2) is 0 Å². The van der Waals surface area contributed by atoms with Crippen molar-refractivity contribution in [3.05, 3.63) is 78.0 Å². The molecule has 2 aromatic carbocycles. The molecule has 0 saturated carbocycles. The molecule has 5 heteroatoms. The van der Waals surface area contributed by atoms with Crippen molar-refractivity contribution in [1.29, 1.82) is 0 Å². The predicted molar refractivity (Wildman–Crippen MR) is 137 cm³/mol. The monoisotopic (exact) mass is 449 g/mol. The first-order valence-electron chi connectivity index (χ1n) is 11.6. The molecule has 2 N–H and O–H groups in total. The molecule has 3 aromatic rings. The zero-order valence-corrected chi connectivity index (χ0v) is 20.5. The van der Waals surface area contributed by atoms with Gasteiger partial charge < -0.3 is 9.88 Å². The van der Waals surface area contributed by atoms with Crippen molar-refractivity contribution in [3.8, 4) is 22.4 Å². The number of nitrogens with zero attached hydrogens (tertiary/aromatic N) is 1. The van der Waals surface area contributed by atoms with E-state index in [0.29, 0.717) is 6.54 Å². The van der Waals surface area contributed by atoms with Gasteiger partial charge in [0.2, 0.25) is 0 Å². The molecule has 170 valence electrons. The van der Waals surface area contributed by atoms with E-state index in [0.717, 1.165) is 61.0 Å².